The Bertz CT molecular complexity index is 878. The van der Waals surface area contributed by atoms with Crippen LogP contribution in [0.4, 0.5) is 0 Å². The first-order valence-electron chi connectivity index (χ1n) is 10.9. The van der Waals surface area contributed by atoms with Crippen LogP contribution in [0.15, 0.2) is 36.5 Å². The van der Waals surface area contributed by atoms with Crippen LogP contribution in [0.3, 0.4) is 0 Å². The summed E-state index contributed by atoms with van der Waals surface area (Å²) in [6.07, 6.45) is 9.90. The molecule has 0 bridgehead atoms. The van der Waals surface area contributed by atoms with Crippen molar-refractivity contribution >= 4 is 12.6 Å². The summed E-state index contributed by atoms with van der Waals surface area (Å²) in [5, 5.41) is 1.70. The summed E-state index contributed by atoms with van der Waals surface area (Å²) in [7, 11) is -0.990. The molecule has 0 fully saturated rings. The summed E-state index contributed by atoms with van der Waals surface area (Å²) in [5.41, 5.74) is 6.65. The van der Waals surface area contributed by atoms with Gasteiger partial charge in [-0.3, -0.25) is 0 Å². The smallest absolute Gasteiger partial charge is 0.192 e. The third-order valence-electron chi connectivity index (χ3n) is 8.16. The molecule has 0 radical (unpaired) electrons. The zero-order chi connectivity index (χ0) is 19.4. The van der Waals surface area contributed by atoms with Crippen LogP contribution in [-0.4, -0.2) is 19.5 Å². The highest BCUT2D eigenvalue weighted by atomic mass is 31.2. The Kier molecular flexibility index (Phi) is 4.54. The van der Waals surface area contributed by atoms with Crippen LogP contribution in [0.1, 0.15) is 64.5 Å². The second-order valence-electron chi connectivity index (χ2n) is 9.38. The first-order chi connectivity index (χ1) is 12.9. The molecule has 1 aromatic heterocycles. The van der Waals surface area contributed by atoms with Crippen molar-refractivity contribution in [1.29, 1.82) is 0 Å². The van der Waals surface area contributed by atoms with Crippen molar-refractivity contribution < 1.29 is 4.57 Å². The van der Waals surface area contributed by atoms with Crippen molar-refractivity contribution in [2.45, 2.75) is 70.8 Å². The molecule has 27 heavy (non-hydrogen) atoms. The Hall–Kier alpha value is -1.20. The van der Waals surface area contributed by atoms with E-state index in [1.807, 2.05) is 0 Å². The van der Waals surface area contributed by atoms with Gasteiger partial charge in [0, 0.05) is 37.8 Å². The monoisotopic (exact) mass is 381 g/mol. The molecule has 0 amide bonds. The predicted octanol–water partition coefficient (Wildman–Crippen LogP) is 5.69. The van der Waals surface area contributed by atoms with Gasteiger partial charge in [0.15, 0.2) is 11.7 Å². The van der Waals surface area contributed by atoms with E-state index in [-0.39, 0.29) is 11.0 Å². The molecular formula is C25H36NP+2. The maximum Gasteiger partial charge on any atom is 0.213 e. The van der Waals surface area contributed by atoms with Gasteiger partial charge < -0.3 is 0 Å². The van der Waals surface area contributed by atoms with E-state index in [0.717, 1.165) is 0 Å². The molecule has 2 aromatic rings. The Morgan fingerprint density at radius 3 is 2.41 bits per heavy atom. The Morgan fingerprint density at radius 1 is 1.00 bits per heavy atom. The van der Waals surface area contributed by atoms with Crippen LogP contribution in [-0.2, 0) is 17.4 Å². The number of rotatable bonds is 3. The average molecular weight is 382 g/mol. The minimum atomic E-state index is -0.990. The molecule has 1 unspecified atom stereocenters. The van der Waals surface area contributed by atoms with Gasteiger partial charge in [0.1, 0.15) is 0 Å². The van der Waals surface area contributed by atoms with Gasteiger partial charge in [0.2, 0.25) is 5.69 Å². The van der Waals surface area contributed by atoms with Gasteiger partial charge in [-0.15, -0.1) is 0 Å². The Labute approximate surface area is 166 Å². The maximum absolute atomic E-state index is 2.67. The third kappa shape index (κ3) is 2.37. The summed E-state index contributed by atoms with van der Waals surface area (Å²) < 4.78 is 2.67. The van der Waals surface area contributed by atoms with Gasteiger partial charge in [-0.05, 0) is 43.9 Å². The molecule has 1 nitrogen and oxygen atoms in total. The number of benzene rings is 1. The molecule has 0 N–H and O–H groups in total. The van der Waals surface area contributed by atoms with E-state index < -0.39 is 7.26 Å². The molecule has 0 aliphatic carbocycles. The molecule has 0 saturated heterocycles. The minimum absolute atomic E-state index is 0.152. The SMILES string of the molecule is CCC1(C)c2ccc3c(c2-c2cccc[n+]2C1(CC)CC)CCC[P+]3(C)C. The number of aromatic nitrogens is 1. The van der Waals surface area contributed by atoms with E-state index in [1.165, 1.54) is 44.0 Å². The second kappa shape index (κ2) is 6.41. The fourth-order valence-corrected chi connectivity index (χ4v) is 9.03. The van der Waals surface area contributed by atoms with Crippen molar-refractivity contribution in [2.24, 2.45) is 0 Å². The molecular weight excluding hydrogens is 345 g/mol. The van der Waals surface area contributed by atoms with E-state index in [1.54, 1.807) is 22.0 Å². The molecule has 2 aliphatic heterocycles. The highest BCUT2D eigenvalue weighted by molar-refractivity contribution is 7.81. The Morgan fingerprint density at radius 2 is 1.74 bits per heavy atom. The van der Waals surface area contributed by atoms with Crippen molar-refractivity contribution in [1.82, 2.24) is 0 Å². The summed E-state index contributed by atoms with van der Waals surface area (Å²) in [6.45, 7) is 14.8. The topological polar surface area (TPSA) is 3.88 Å². The predicted molar refractivity (Wildman–Crippen MR) is 120 cm³/mol. The van der Waals surface area contributed by atoms with Gasteiger partial charge in [-0.25, -0.2) is 0 Å². The molecule has 2 aliphatic rings. The maximum atomic E-state index is 2.67. The van der Waals surface area contributed by atoms with Gasteiger partial charge >= 0.3 is 0 Å². The lowest BCUT2D eigenvalue weighted by molar-refractivity contribution is -0.769. The van der Waals surface area contributed by atoms with Crippen LogP contribution in [0, 0.1) is 0 Å². The van der Waals surface area contributed by atoms with E-state index in [0.29, 0.717) is 0 Å². The highest BCUT2D eigenvalue weighted by Crippen LogP contribution is 2.58. The van der Waals surface area contributed by atoms with Crippen LogP contribution >= 0.6 is 7.26 Å². The molecule has 3 heterocycles. The summed E-state index contributed by atoms with van der Waals surface area (Å²) in [6, 6.07) is 11.9. The third-order valence-corrected chi connectivity index (χ3v) is 11.3. The van der Waals surface area contributed by atoms with Gasteiger partial charge in [0.05, 0.1) is 35.8 Å². The molecule has 1 atom stereocenters. The lowest BCUT2D eigenvalue weighted by Crippen LogP contribution is -2.69. The molecule has 0 saturated carbocycles. The summed E-state index contributed by atoms with van der Waals surface area (Å²) >= 11 is 0. The number of nitrogens with zero attached hydrogens (tertiary/aromatic N) is 1. The fraction of sp³-hybridized carbons (Fsp3) is 0.560. The molecule has 0 spiro atoms. The quantitative estimate of drug-likeness (QED) is 0.475. The van der Waals surface area contributed by atoms with Crippen molar-refractivity contribution in [3.05, 3.63) is 47.7 Å². The lowest BCUT2D eigenvalue weighted by atomic mass is 9.58. The molecule has 1 aromatic carbocycles. The highest BCUT2D eigenvalue weighted by Gasteiger charge is 2.59. The summed E-state index contributed by atoms with van der Waals surface area (Å²) in [4.78, 5) is 0. The molecule has 4 rings (SSSR count). The number of hydrogen-bond acceptors (Lipinski definition) is 0. The van der Waals surface area contributed by atoms with Crippen molar-refractivity contribution in [3.63, 3.8) is 0 Å². The van der Waals surface area contributed by atoms with Gasteiger partial charge in [0.25, 0.3) is 0 Å². The van der Waals surface area contributed by atoms with Crippen molar-refractivity contribution in [3.8, 4) is 11.3 Å². The van der Waals surface area contributed by atoms with Crippen LogP contribution in [0.2, 0.25) is 0 Å². The zero-order valence-electron chi connectivity index (χ0n) is 18.1. The average Bonchev–Trinajstić information content (AvgIpc) is 2.68. The summed E-state index contributed by atoms with van der Waals surface area (Å²) in [5.74, 6) is 0. The number of fused-ring (bicyclic) bond motifs is 5. The van der Waals surface area contributed by atoms with Crippen molar-refractivity contribution in [2.75, 3.05) is 19.5 Å². The number of hydrogen-bond donors (Lipinski definition) is 0. The first-order valence-corrected chi connectivity index (χ1v) is 13.7. The molecule has 144 valence electrons. The minimum Gasteiger partial charge on any atom is -0.192 e. The largest absolute Gasteiger partial charge is 0.213 e. The van der Waals surface area contributed by atoms with Crippen LogP contribution in [0.5, 0.6) is 0 Å². The Balaban J connectivity index is 2.13. The fourth-order valence-electron chi connectivity index (χ4n) is 6.41. The van der Waals surface area contributed by atoms with E-state index in [4.69, 9.17) is 0 Å². The first kappa shape index (κ1) is 19.1. The normalized spacial score (nSPS) is 24.7. The zero-order valence-corrected chi connectivity index (χ0v) is 19.0. The van der Waals surface area contributed by atoms with E-state index in [9.17, 15) is 0 Å². The van der Waals surface area contributed by atoms with Crippen LogP contribution in [0.25, 0.3) is 11.3 Å². The van der Waals surface area contributed by atoms with Gasteiger partial charge in [-0.1, -0.05) is 26.8 Å². The van der Waals surface area contributed by atoms with E-state index in [2.05, 4.69) is 82.1 Å². The lowest BCUT2D eigenvalue weighted by Gasteiger charge is -2.48. The number of pyridine rings is 1. The standard InChI is InChI=1S/C25H36NP/c1-7-24(4)20-15-16-22-19(13-12-18-27(22,5)6)23(20)21-14-10-11-17-26(21)25(24,8-2)9-3/h10-11,14-17H,7-9,12-13,18H2,1-6H3/q+2. The van der Waals surface area contributed by atoms with Gasteiger partial charge in [-0.2, -0.15) is 4.57 Å². The van der Waals surface area contributed by atoms with Crippen LogP contribution < -0.4 is 9.87 Å². The second-order valence-corrected chi connectivity index (χ2v) is 13.7. The molecule has 2 heteroatoms. The van der Waals surface area contributed by atoms with E-state index >= 15 is 0 Å².